The summed E-state index contributed by atoms with van der Waals surface area (Å²) in [7, 11) is 0. The molecule has 3 rings (SSSR count). The van der Waals surface area contributed by atoms with Crippen molar-refractivity contribution in [2.24, 2.45) is 0 Å². The lowest BCUT2D eigenvalue weighted by molar-refractivity contribution is -0.400. The van der Waals surface area contributed by atoms with E-state index in [4.69, 9.17) is 4.42 Å². The van der Waals surface area contributed by atoms with Crippen molar-refractivity contribution in [1.82, 2.24) is 0 Å². The zero-order chi connectivity index (χ0) is 14.3. The first-order valence-electron chi connectivity index (χ1n) is 6.31. The summed E-state index contributed by atoms with van der Waals surface area (Å²) in [5.74, 6) is -0.195. The molecule has 0 aliphatic heterocycles. The number of rotatable bonds is 2. The molecule has 4 nitrogen and oxygen atoms in total. The second-order valence-corrected chi connectivity index (χ2v) is 4.86. The first-order valence-corrected chi connectivity index (χ1v) is 6.31. The van der Waals surface area contributed by atoms with Gasteiger partial charge in [0.25, 0.3) is 0 Å². The van der Waals surface area contributed by atoms with Crippen LogP contribution in [0.1, 0.15) is 11.1 Å². The van der Waals surface area contributed by atoms with Gasteiger partial charge in [-0.2, -0.15) is 0 Å². The van der Waals surface area contributed by atoms with Crippen molar-refractivity contribution in [3.8, 4) is 11.1 Å². The van der Waals surface area contributed by atoms with Gasteiger partial charge in [0.1, 0.15) is 16.1 Å². The number of nitrogens with zero attached hydrogens (tertiary/aromatic N) is 1. The van der Waals surface area contributed by atoms with Gasteiger partial charge < -0.3 is 4.42 Å². The smallest absolute Gasteiger partial charge is 0.400 e. The average Bonchev–Trinajstić information content (AvgIpc) is 2.79. The Morgan fingerprint density at radius 2 is 1.80 bits per heavy atom. The van der Waals surface area contributed by atoms with Gasteiger partial charge >= 0.3 is 5.88 Å². The highest BCUT2D eigenvalue weighted by molar-refractivity contribution is 6.00. The Bertz CT molecular complexity index is 803. The van der Waals surface area contributed by atoms with Crippen LogP contribution in [0.5, 0.6) is 0 Å². The zero-order valence-electron chi connectivity index (χ0n) is 11.2. The molecule has 100 valence electrons. The molecule has 20 heavy (non-hydrogen) atoms. The first-order chi connectivity index (χ1) is 9.58. The van der Waals surface area contributed by atoms with Gasteiger partial charge in [-0.05, 0) is 36.6 Å². The minimum Gasteiger partial charge on any atom is -0.400 e. The Kier molecular flexibility index (Phi) is 2.79. The Hall–Kier alpha value is -2.62. The molecular formula is C16H13NO3. The fourth-order valence-electron chi connectivity index (χ4n) is 2.55. The Labute approximate surface area is 115 Å². The Balaban J connectivity index is 2.44. The Morgan fingerprint density at radius 1 is 1.10 bits per heavy atom. The third kappa shape index (κ3) is 1.86. The molecule has 0 radical (unpaired) electrons. The van der Waals surface area contributed by atoms with E-state index in [1.807, 2.05) is 56.3 Å². The molecule has 0 bridgehead atoms. The second kappa shape index (κ2) is 4.49. The molecule has 1 aromatic heterocycles. The van der Waals surface area contributed by atoms with E-state index in [1.165, 1.54) is 0 Å². The quantitative estimate of drug-likeness (QED) is 0.502. The molecule has 0 atom stereocenters. The molecule has 0 aliphatic carbocycles. The van der Waals surface area contributed by atoms with Crippen molar-refractivity contribution in [2.75, 3.05) is 0 Å². The van der Waals surface area contributed by atoms with Gasteiger partial charge in [-0.15, -0.1) is 0 Å². The van der Waals surface area contributed by atoms with Crippen LogP contribution in [0, 0.1) is 24.0 Å². The highest BCUT2D eigenvalue weighted by Crippen LogP contribution is 2.41. The molecule has 0 fully saturated rings. The lowest BCUT2D eigenvalue weighted by Crippen LogP contribution is -1.88. The molecular weight excluding hydrogens is 254 g/mol. The molecule has 0 unspecified atom stereocenters. The van der Waals surface area contributed by atoms with Crippen LogP contribution in [0.3, 0.4) is 0 Å². The first kappa shape index (κ1) is 12.4. The summed E-state index contributed by atoms with van der Waals surface area (Å²) in [6.45, 7) is 3.87. The monoisotopic (exact) mass is 267 g/mol. The van der Waals surface area contributed by atoms with Crippen LogP contribution < -0.4 is 0 Å². The fourth-order valence-corrected chi connectivity index (χ4v) is 2.55. The van der Waals surface area contributed by atoms with E-state index in [0.29, 0.717) is 11.1 Å². The maximum absolute atomic E-state index is 11.3. The highest BCUT2D eigenvalue weighted by atomic mass is 16.6. The van der Waals surface area contributed by atoms with Crippen LogP contribution in [0.25, 0.3) is 22.1 Å². The number of benzene rings is 2. The fraction of sp³-hybridized carbons (Fsp3) is 0.125. The molecule has 4 heteroatoms. The van der Waals surface area contributed by atoms with E-state index in [2.05, 4.69) is 0 Å². The summed E-state index contributed by atoms with van der Waals surface area (Å²) >= 11 is 0. The van der Waals surface area contributed by atoms with Crippen LogP contribution in [-0.2, 0) is 0 Å². The summed E-state index contributed by atoms with van der Waals surface area (Å²) < 4.78 is 5.50. The zero-order valence-corrected chi connectivity index (χ0v) is 11.2. The summed E-state index contributed by atoms with van der Waals surface area (Å²) in [5, 5.41) is 12.1. The van der Waals surface area contributed by atoms with Crippen molar-refractivity contribution in [3.05, 3.63) is 63.7 Å². The third-order valence-corrected chi connectivity index (χ3v) is 3.33. The number of nitro groups is 1. The van der Waals surface area contributed by atoms with Gasteiger partial charge in [-0.1, -0.05) is 36.4 Å². The van der Waals surface area contributed by atoms with Gasteiger partial charge in [-0.25, -0.2) is 0 Å². The van der Waals surface area contributed by atoms with E-state index in [0.717, 1.165) is 22.1 Å². The summed E-state index contributed by atoms with van der Waals surface area (Å²) in [4.78, 5) is 10.8. The van der Waals surface area contributed by atoms with Gasteiger partial charge in [0, 0.05) is 5.39 Å². The minimum absolute atomic E-state index is 0.195. The standard InChI is InChI=1S/C16H13NO3/c1-10-8-11(2)15-13(9-10)14(16(20-15)17(18)19)12-6-4-3-5-7-12/h3-9H,1-2H3. The maximum atomic E-state index is 11.3. The number of fused-ring (bicyclic) bond motifs is 1. The van der Waals surface area contributed by atoms with Crippen LogP contribution in [-0.4, -0.2) is 4.92 Å². The summed E-state index contributed by atoms with van der Waals surface area (Å²) in [6.07, 6.45) is 0. The number of furan rings is 1. The number of aryl methyl sites for hydroxylation is 2. The number of hydrogen-bond donors (Lipinski definition) is 0. The molecule has 0 saturated heterocycles. The molecule has 0 N–H and O–H groups in total. The topological polar surface area (TPSA) is 56.3 Å². The molecule has 1 heterocycles. The molecule has 0 amide bonds. The van der Waals surface area contributed by atoms with Gasteiger partial charge in [-0.3, -0.25) is 10.1 Å². The molecule has 2 aromatic carbocycles. The molecule has 0 aliphatic rings. The van der Waals surface area contributed by atoms with Crippen LogP contribution >= 0.6 is 0 Å². The lowest BCUT2D eigenvalue weighted by atomic mass is 10.0. The van der Waals surface area contributed by atoms with E-state index in [9.17, 15) is 10.1 Å². The van der Waals surface area contributed by atoms with Crippen molar-refractivity contribution >= 4 is 16.9 Å². The second-order valence-electron chi connectivity index (χ2n) is 4.86. The summed E-state index contributed by atoms with van der Waals surface area (Å²) in [5.41, 5.74) is 3.90. The maximum Gasteiger partial charge on any atom is 0.442 e. The van der Waals surface area contributed by atoms with Crippen LogP contribution in [0.4, 0.5) is 5.88 Å². The van der Waals surface area contributed by atoms with Crippen molar-refractivity contribution in [3.63, 3.8) is 0 Å². The van der Waals surface area contributed by atoms with Gasteiger partial charge in [0.2, 0.25) is 0 Å². The predicted octanol–water partition coefficient (Wildman–Crippen LogP) is 4.62. The van der Waals surface area contributed by atoms with Gasteiger partial charge in [0.05, 0.1) is 0 Å². The highest BCUT2D eigenvalue weighted by Gasteiger charge is 2.26. The largest absolute Gasteiger partial charge is 0.442 e. The molecule has 3 aromatic rings. The van der Waals surface area contributed by atoms with Crippen molar-refractivity contribution in [1.29, 1.82) is 0 Å². The van der Waals surface area contributed by atoms with E-state index < -0.39 is 4.92 Å². The predicted molar refractivity (Wildman–Crippen MR) is 77.8 cm³/mol. The van der Waals surface area contributed by atoms with Crippen LogP contribution in [0.15, 0.2) is 46.9 Å². The van der Waals surface area contributed by atoms with Crippen molar-refractivity contribution in [2.45, 2.75) is 13.8 Å². The third-order valence-electron chi connectivity index (χ3n) is 3.33. The van der Waals surface area contributed by atoms with Crippen LogP contribution in [0.2, 0.25) is 0 Å². The average molecular weight is 267 g/mol. The van der Waals surface area contributed by atoms with E-state index in [1.54, 1.807) is 0 Å². The van der Waals surface area contributed by atoms with E-state index >= 15 is 0 Å². The minimum atomic E-state index is -0.461. The lowest BCUT2D eigenvalue weighted by Gasteiger charge is -2.00. The van der Waals surface area contributed by atoms with Gasteiger partial charge in [0.15, 0.2) is 0 Å². The SMILES string of the molecule is Cc1cc(C)c2oc([N+](=O)[O-])c(-c3ccccc3)c2c1. The van der Waals surface area contributed by atoms with Crippen molar-refractivity contribution < 1.29 is 9.34 Å². The van der Waals surface area contributed by atoms with E-state index in [-0.39, 0.29) is 5.88 Å². The molecule has 0 saturated carbocycles. The molecule has 0 spiro atoms. The normalized spacial score (nSPS) is 10.9. The Morgan fingerprint density at radius 3 is 2.45 bits per heavy atom. The summed E-state index contributed by atoms with van der Waals surface area (Å²) in [6, 6.07) is 13.2. The number of hydrogen-bond acceptors (Lipinski definition) is 3.